The number of nitrogens with zero attached hydrogens (tertiary/aromatic N) is 1. The molecule has 0 aliphatic rings. The van der Waals surface area contributed by atoms with Gasteiger partial charge in [-0.15, -0.1) is 0 Å². The zero-order chi connectivity index (χ0) is 16.4. The molecule has 0 fully saturated rings. The van der Waals surface area contributed by atoms with Crippen LogP contribution in [-0.2, 0) is 9.53 Å². The van der Waals surface area contributed by atoms with E-state index in [9.17, 15) is 9.90 Å². The fourth-order valence-electron chi connectivity index (χ4n) is 2.32. The first-order valence-electron chi connectivity index (χ1n) is 7.95. The van der Waals surface area contributed by atoms with E-state index >= 15 is 0 Å². The Morgan fingerprint density at radius 1 is 1.27 bits per heavy atom. The van der Waals surface area contributed by atoms with E-state index in [0.717, 1.165) is 24.2 Å². The van der Waals surface area contributed by atoms with Crippen LogP contribution in [0.3, 0.4) is 0 Å². The molecule has 1 aromatic carbocycles. The molecule has 0 radical (unpaired) electrons. The molecule has 0 heterocycles. The maximum Gasteiger partial charge on any atom is 0.307 e. The summed E-state index contributed by atoms with van der Waals surface area (Å²) in [6, 6.07) is 7.86. The molecular weight excluding hydrogens is 280 g/mol. The summed E-state index contributed by atoms with van der Waals surface area (Å²) < 4.78 is 4.98. The lowest BCUT2D eigenvalue weighted by molar-refractivity contribution is -0.142. The zero-order valence-corrected chi connectivity index (χ0v) is 13.8. The minimum absolute atomic E-state index is 0.162. The van der Waals surface area contributed by atoms with Gasteiger partial charge in [0.15, 0.2) is 0 Å². The van der Waals surface area contributed by atoms with E-state index in [0.29, 0.717) is 26.1 Å². The number of ether oxygens (including phenoxy) is 1. The van der Waals surface area contributed by atoms with E-state index in [1.165, 1.54) is 0 Å². The number of hydrogen-bond acceptors (Lipinski definition) is 5. The number of nitrogens with one attached hydrogen (secondary N) is 1. The third-order valence-corrected chi connectivity index (χ3v) is 3.43. The highest BCUT2D eigenvalue weighted by Crippen LogP contribution is 2.19. The molecule has 0 amide bonds. The summed E-state index contributed by atoms with van der Waals surface area (Å²) in [5.74, 6) is -0.162. The quantitative estimate of drug-likeness (QED) is 0.648. The number of aliphatic hydroxyl groups is 1. The number of aliphatic hydroxyl groups excluding tert-OH is 1. The van der Waals surface area contributed by atoms with Gasteiger partial charge in [-0.25, -0.2) is 0 Å². The number of hydrogen-bond donors (Lipinski definition) is 2. The largest absolute Gasteiger partial charge is 0.466 e. The molecule has 0 aliphatic heterocycles. The van der Waals surface area contributed by atoms with Gasteiger partial charge in [-0.1, -0.05) is 19.1 Å². The molecule has 1 rings (SSSR count). The molecule has 124 valence electrons. The average Bonchev–Trinajstić information content (AvgIpc) is 2.52. The van der Waals surface area contributed by atoms with E-state index in [1.54, 1.807) is 0 Å². The molecule has 1 aromatic rings. The van der Waals surface area contributed by atoms with Gasteiger partial charge in [0.2, 0.25) is 0 Å². The molecule has 0 saturated carbocycles. The number of esters is 1. The molecule has 2 N–H and O–H groups in total. The monoisotopic (exact) mass is 308 g/mol. The van der Waals surface area contributed by atoms with E-state index in [-0.39, 0.29) is 5.97 Å². The predicted molar refractivity (Wildman–Crippen MR) is 89.1 cm³/mol. The molecule has 0 aliphatic carbocycles. The van der Waals surface area contributed by atoms with Crippen LogP contribution in [-0.4, -0.2) is 44.4 Å². The number of carbonyl (C=O) groups excluding carboxylic acids is 1. The summed E-state index contributed by atoms with van der Waals surface area (Å²) in [6.07, 6.45) is 0.892. The Hall–Kier alpha value is -1.59. The Kier molecular flexibility index (Phi) is 8.55. The Morgan fingerprint density at radius 2 is 1.95 bits per heavy atom. The van der Waals surface area contributed by atoms with Crippen LogP contribution in [0.5, 0.6) is 0 Å². The second-order valence-corrected chi connectivity index (χ2v) is 5.21. The minimum atomic E-state index is -0.502. The summed E-state index contributed by atoms with van der Waals surface area (Å²) in [5.41, 5.74) is 1.95. The highest BCUT2D eigenvalue weighted by molar-refractivity contribution is 5.70. The Labute approximate surface area is 133 Å². The van der Waals surface area contributed by atoms with Gasteiger partial charge < -0.3 is 20.1 Å². The van der Waals surface area contributed by atoms with Crippen molar-refractivity contribution in [2.45, 2.75) is 32.8 Å². The molecule has 0 aromatic heterocycles. The lowest BCUT2D eigenvalue weighted by Crippen LogP contribution is -2.27. The number of carbonyl (C=O) groups is 1. The van der Waals surface area contributed by atoms with Crippen molar-refractivity contribution in [1.82, 2.24) is 5.32 Å². The highest BCUT2D eigenvalue weighted by atomic mass is 16.5. The SMILES string of the molecule is CCCN(CCC(=O)OCC)c1ccc(C(O)CNC)cc1. The smallest absolute Gasteiger partial charge is 0.307 e. The average molecular weight is 308 g/mol. The maximum absolute atomic E-state index is 11.5. The lowest BCUT2D eigenvalue weighted by atomic mass is 10.1. The number of benzene rings is 1. The van der Waals surface area contributed by atoms with Crippen LogP contribution in [0.25, 0.3) is 0 Å². The Morgan fingerprint density at radius 3 is 2.50 bits per heavy atom. The molecular formula is C17H28N2O3. The van der Waals surface area contributed by atoms with Gasteiger partial charge in [-0.2, -0.15) is 0 Å². The van der Waals surface area contributed by atoms with Crippen LogP contribution in [0.2, 0.25) is 0 Å². The number of anilines is 1. The third kappa shape index (κ3) is 6.03. The summed E-state index contributed by atoms with van der Waals surface area (Å²) in [7, 11) is 1.82. The van der Waals surface area contributed by atoms with Crippen molar-refractivity contribution in [3.8, 4) is 0 Å². The summed E-state index contributed by atoms with van der Waals surface area (Å²) >= 11 is 0. The van der Waals surface area contributed by atoms with Gasteiger partial charge in [-0.05, 0) is 38.1 Å². The van der Waals surface area contributed by atoms with Gasteiger partial charge in [0.1, 0.15) is 0 Å². The molecule has 1 atom stereocenters. The molecule has 0 saturated heterocycles. The number of likely N-dealkylation sites (N-methyl/N-ethyl adjacent to an activating group) is 1. The van der Waals surface area contributed by atoms with Gasteiger partial charge in [0.25, 0.3) is 0 Å². The van der Waals surface area contributed by atoms with Gasteiger partial charge in [-0.3, -0.25) is 4.79 Å². The maximum atomic E-state index is 11.5. The van der Waals surface area contributed by atoms with Crippen molar-refractivity contribution in [1.29, 1.82) is 0 Å². The summed E-state index contributed by atoms with van der Waals surface area (Å²) in [5, 5.41) is 12.9. The first-order valence-corrected chi connectivity index (χ1v) is 7.95. The fraction of sp³-hybridized carbons (Fsp3) is 0.588. The van der Waals surface area contributed by atoms with Crippen molar-refractivity contribution >= 4 is 11.7 Å². The van der Waals surface area contributed by atoms with Gasteiger partial charge in [0.05, 0.1) is 19.1 Å². The summed E-state index contributed by atoms with van der Waals surface area (Å²) in [4.78, 5) is 13.7. The van der Waals surface area contributed by atoms with Crippen LogP contribution in [0.4, 0.5) is 5.69 Å². The van der Waals surface area contributed by atoms with E-state index in [4.69, 9.17) is 4.74 Å². The second-order valence-electron chi connectivity index (χ2n) is 5.21. The molecule has 0 spiro atoms. The van der Waals surface area contributed by atoms with Crippen LogP contribution < -0.4 is 10.2 Å². The molecule has 5 nitrogen and oxygen atoms in total. The van der Waals surface area contributed by atoms with Crippen molar-refractivity contribution in [3.63, 3.8) is 0 Å². The normalized spacial score (nSPS) is 12.0. The third-order valence-electron chi connectivity index (χ3n) is 3.43. The zero-order valence-electron chi connectivity index (χ0n) is 13.8. The van der Waals surface area contributed by atoms with Crippen molar-refractivity contribution in [2.24, 2.45) is 0 Å². The highest BCUT2D eigenvalue weighted by Gasteiger charge is 2.11. The second kappa shape index (κ2) is 10.2. The van der Waals surface area contributed by atoms with Gasteiger partial charge >= 0.3 is 5.97 Å². The van der Waals surface area contributed by atoms with Crippen LogP contribution in [0.1, 0.15) is 38.4 Å². The van der Waals surface area contributed by atoms with Crippen molar-refractivity contribution in [2.75, 3.05) is 38.2 Å². The Bertz CT molecular complexity index is 434. The van der Waals surface area contributed by atoms with E-state index < -0.39 is 6.10 Å². The topological polar surface area (TPSA) is 61.8 Å². The van der Waals surface area contributed by atoms with Gasteiger partial charge in [0, 0.05) is 25.3 Å². The predicted octanol–water partition coefficient (Wildman–Crippen LogP) is 2.11. The first-order chi connectivity index (χ1) is 10.6. The number of rotatable bonds is 10. The van der Waals surface area contributed by atoms with Crippen LogP contribution >= 0.6 is 0 Å². The standard InChI is InChI=1S/C17H28N2O3/c1-4-11-19(12-10-17(21)22-5-2)15-8-6-14(7-9-15)16(20)13-18-3/h6-9,16,18,20H,4-5,10-13H2,1-3H3. The lowest BCUT2D eigenvalue weighted by Gasteiger charge is -2.24. The van der Waals surface area contributed by atoms with Crippen LogP contribution in [0, 0.1) is 0 Å². The molecule has 1 unspecified atom stereocenters. The fourth-order valence-corrected chi connectivity index (χ4v) is 2.32. The van der Waals surface area contributed by atoms with E-state index in [1.807, 2.05) is 38.2 Å². The Balaban J connectivity index is 2.68. The molecule has 5 heteroatoms. The van der Waals surface area contributed by atoms with E-state index in [2.05, 4.69) is 17.1 Å². The summed E-state index contributed by atoms with van der Waals surface area (Å²) in [6.45, 7) is 6.41. The first kappa shape index (κ1) is 18.5. The molecule has 22 heavy (non-hydrogen) atoms. The van der Waals surface area contributed by atoms with Crippen molar-refractivity contribution < 1.29 is 14.6 Å². The molecule has 0 bridgehead atoms. The minimum Gasteiger partial charge on any atom is -0.466 e. The van der Waals surface area contributed by atoms with Crippen LogP contribution in [0.15, 0.2) is 24.3 Å². The van der Waals surface area contributed by atoms with Crippen molar-refractivity contribution in [3.05, 3.63) is 29.8 Å².